The number of hydrogen-bond donors (Lipinski definition) is 5. The molecule has 1 atom stereocenters. The summed E-state index contributed by atoms with van der Waals surface area (Å²) in [6.45, 7) is 6.30. The van der Waals surface area contributed by atoms with E-state index in [1.54, 1.807) is 14.7 Å². The fourth-order valence-corrected chi connectivity index (χ4v) is 2.97. The first-order valence-electron chi connectivity index (χ1n) is 10.4. The molecule has 13 heteroatoms. The number of carbonyl (C=O) groups excluding carboxylic acids is 1. The van der Waals surface area contributed by atoms with Gasteiger partial charge in [-0.25, -0.2) is 4.79 Å². The van der Waals surface area contributed by atoms with Crippen molar-refractivity contribution in [1.29, 1.82) is 0 Å². The van der Waals surface area contributed by atoms with Crippen LogP contribution in [-0.4, -0.2) is 149 Å². The highest BCUT2D eigenvalue weighted by Crippen LogP contribution is 2.02. The van der Waals surface area contributed by atoms with E-state index in [9.17, 15) is 24.3 Å². The molecule has 0 aromatic carbocycles. The molecular weight excluding hydrogens is 426 g/mol. The molecule has 6 N–H and O–H groups in total. The van der Waals surface area contributed by atoms with Crippen LogP contribution in [0.25, 0.3) is 0 Å². The van der Waals surface area contributed by atoms with E-state index < -0.39 is 24.1 Å². The number of rotatable bonds is 8. The van der Waals surface area contributed by atoms with E-state index in [-0.39, 0.29) is 39.3 Å². The summed E-state index contributed by atoms with van der Waals surface area (Å²) in [4.78, 5) is 51.1. The molecular formula is C19H39N5O8. The maximum atomic E-state index is 11.3. The van der Waals surface area contributed by atoms with Crippen LogP contribution in [0.1, 0.15) is 13.8 Å². The molecule has 1 rings (SSSR count). The van der Waals surface area contributed by atoms with Gasteiger partial charge >= 0.3 is 17.9 Å². The van der Waals surface area contributed by atoms with Gasteiger partial charge in [0.25, 0.3) is 0 Å². The van der Waals surface area contributed by atoms with Crippen molar-refractivity contribution in [3.05, 3.63) is 0 Å². The van der Waals surface area contributed by atoms with Crippen LogP contribution in [0.4, 0.5) is 0 Å². The number of nitrogens with zero attached hydrogens (tertiary/aromatic N) is 4. The third-order valence-corrected chi connectivity index (χ3v) is 4.57. The van der Waals surface area contributed by atoms with Crippen LogP contribution < -0.4 is 5.73 Å². The van der Waals surface area contributed by atoms with E-state index in [1.165, 1.54) is 4.90 Å². The second-order valence-corrected chi connectivity index (χ2v) is 6.63. The van der Waals surface area contributed by atoms with Crippen molar-refractivity contribution in [3.8, 4) is 0 Å². The van der Waals surface area contributed by atoms with Gasteiger partial charge in [-0.15, -0.1) is 0 Å². The van der Waals surface area contributed by atoms with Crippen molar-refractivity contribution in [3.63, 3.8) is 0 Å². The Labute approximate surface area is 189 Å². The molecule has 0 bridgehead atoms. The Balaban J connectivity index is 0. The Kier molecular flexibility index (Phi) is 19.5. The fraction of sp³-hybridized carbons (Fsp3) is 0.789. The molecule has 1 heterocycles. The number of aliphatic carboxylic acids is 3. The highest BCUT2D eigenvalue weighted by atomic mass is 16.4. The van der Waals surface area contributed by atoms with E-state index >= 15 is 0 Å². The molecule has 13 nitrogen and oxygen atoms in total. The fourth-order valence-electron chi connectivity index (χ4n) is 2.97. The predicted molar refractivity (Wildman–Crippen MR) is 117 cm³/mol. The normalized spacial score (nSPS) is 18.4. The minimum atomic E-state index is -1.24. The molecule has 0 saturated carbocycles. The van der Waals surface area contributed by atoms with E-state index in [0.29, 0.717) is 32.7 Å². The number of hydrogen-bond acceptors (Lipinski definition) is 10. The zero-order valence-electron chi connectivity index (χ0n) is 19.2. The van der Waals surface area contributed by atoms with E-state index in [0.717, 1.165) is 13.4 Å². The van der Waals surface area contributed by atoms with Crippen LogP contribution in [0, 0.1) is 0 Å². The SMILES string of the molecule is CC.CO.NC(C(=O)O)N1CCN(CC=O)CCN(CC(=O)O)CCN(CC(=O)O)CC1. The van der Waals surface area contributed by atoms with Gasteiger partial charge in [-0.2, -0.15) is 0 Å². The molecule has 0 aliphatic carbocycles. The first-order chi connectivity index (χ1) is 15.2. The van der Waals surface area contributed by atoms with Crippen LogP contribution in [0.3, 0.4) is 0 Å². The number of aliphatic hydroxyl groups is 1. The number of carboxylic acid groups (broad SMARTS) is 3. The van der Waals surface area contributed by atoms with Crippen molar-refractivity contribution in [2.75, 3.05) is 79.1 Å². The van der Waals surface area contributed by atoms with Crippen LogP contribution in [0.15, 0.2) is 0 Å². The molecule has 32 heavy (non-hydrogen) atoms. The van der Waals surface area contributed by atoms with Gasteiger partial charge in [0.05, 0.1) is 19.6 Å². The third kappa shape index (κ3) is 14.8. The third-order valence-electron chi connectivity index (χ3n) is 4.57. The lowest BCUT2D eigenvalue weighted by atomic mass is 10.3. The van der Waals surface area contributed by atoms with Crippen molar-refractivity contribution < 1.29 is 39.6 Å². The largest absolute Gasteiger partial charge is 0.480 e. The summed E-state index contributed by atoms with van der Waals surface area (Å²) in [6.07, 6.45) is -0.500. The molecule has 0 radical (unpaired) electrons. The van der Waals surface area contributed by atoms with Gasteiger partial charge in [-0.05, 0) is 0 Å². The Morgan fingerprint density at radius 1 is 0.781 bits per heavy atom. The van der Waals surface area contributed by atoms with Crippen LogP contribution >= 0.6 is 0 Å². The monoisotopic (exact) mass is 465 g/mol. The first-order valence-corrected chi connectivity index (χ1v) is 10.4. The van der Waals surface area contributed by atoms with Crippen LogP contribution in [0.2, 0.25) is 0 Å². The maximum Gasteiger partial charge on any atom is 0.335 e. The summed E-state index contributed by atoms with van der Waals surface area (Å²) < 4.78 is 0. The van der Waals surface area contributed by atoms with E-state index in [1.807, 2.05) is 13.8 Å². The lowest BCUT2D eigenvalue weighted by Gasteiger charge is -2.34. The minimum absolute atomic E-state index is 0.141. The second-order valence-electron chi connectivity index (χ2n) is 6.63. The van der Waals surface area contributed by atoms with Gasteiger partial charge in [0, 0.05) is 59.5 Å². The van der Waals surface area contributed by atoms with Crippen molar-refractivity contribution >= 4 is 24.2 Å². The van der Waals surface area contributed by atoms with Gasteiger partial charge in [-0.1, -0.05) is 13.8 Å². The minimum Gasteiger partial charge on any atom is -0.480 e. The summed E-state index contributed by atoms with van der Waals surface area (Å²) in [5.74, 6) is -3.20. The van der Waals surface area contributed by atoms with E-state index in [2.05, 4.69) is 0 Å². The molecule has 0 amide bonds. The van der Waals surface area contributed by atoms with Gasteiger partial charge < -0.3 is 31.0 Å². The summed E-state index contributed by atoms with van der Waals surface area (Å²) in [7, 11) is 1.00. The lowest BCUT2D eigenvalue weighted by molar-refractivity contribution is -0.144. The zero-order valence-corrected chi connectivity index (χ0v) is 19.2. The summed E-state index contributed by atoms with van der Waals surface area (Å²) in [5, 5.41) is 34.4. The van der Waals surface area contributed by atoms with Gasteiger partial charge in [-0.3, -0.25) is 29.2 Å². The topological polar surface area (TPSA) is 188 Å². The second kappa shape index (κ2) is 19.5. The number of aldehydes is 1. The molecule has 1 aliphatic heterocycles. The van der Waals surface area contributed by atoms with Gasteiger partial charge in [0.2, 0.25) is 0 Å². The summed E-state index contributed by atoms with van der Waals surface area (Å²) in [5.41, 5.74) is 5.74. The number of nitrogens with two attached hydrogens (primary N) is 1. The lowest BCUT2D eigenvalue weighted by Crippen LogP contribution is -2.54. The molecule has 1 saturated heterocycles. The number of carboxylic acids is 3. The van der Waals surface area contributed by atoms with Gasteiger partial charge in [0.15, 0.2) is 6.17 Å². The molecule has 1 aliphatic rings. The quantitative estimate of drug-likeness (QED) is 0.238. The first kappa shape index (κ1) is 32.0. The Morgan fingerprint density at radius 3 is 1.47 bits per heavy atom. The van der Waals surface area contributed by atoms with Crippen LogP contribution in [-0.2, 0) is 19.2 Å². The number of carbonyl (C=O) groups is 4. The molecule has 0 spiro atoms. The average Bonchev–Trinajstić information content (AvgIpc) is 2.75. The van der Waals surface area contributed by atoms with Crippen molar-refractivity contribution in [2.45, 2.75) is 20.0 Å². The number of aliphatic hydroxyl groups excluding tert-OH is 1. The molecule has 188 valence electrons. The average molecular weight is 466 g/mol. The zero-order chi connectivity index (χ0) is 25.1. The predicted octanol–water partition coefficient (Wildman–Crippen LogP) is -2.42. The molecule has 1 unspecified atom stereocenters. The molecule has 1 fully saturated rings. The van der Waals surface area contributed by atoms with Gasteiger partial charge in [0.1, 0.15) is 6.29 Å². The summed E-state index contributed by atoms with van der Waals surface area (Å²) in [6, 6.07) is 0. The highest BCUT2D eigenvalue weighted by Gasteiger charge is 2.24. The van der Waals surface area contributed by atoms with Crippen LogP contribution in [0.5, 0.6) is 0 Å². The van der Waals surface area contributed by atoms with Crippen molar-refractivity contribution in [2.24, 2.45) is 5.73 Å². The summed E-state index contributed by atoms with van der Waals surface area (Å²) >= 11 is 0. The maximum absolute atomic E-state index is 11.3. The molecule has 0 aromatic heterocycles. The van der Waals surface area contributed by atoms with Crippen molar-refractivity contribution in [1.82, 2.24) is 19.6 Å². The Morgan fingerprint density at radius 2 is 1.12 bits per heavy atom. The molecule has 0 aromatic rings. The highest BCUT2D eigenvalue weighted by molar-refractivity contribution is 5.72. The Bertz CT molecular complexity index is 552. The van der Waals surface area contributed by atoms with E-state index in [4.69, 9.17) is 21.1 Å². The Hall–Kier alpha value is -2.16. The smallest absolute Gasteiger partial charge is 0.335 e. The standard InChI is InChI=1S/C16H29N5O7.C2H6.CH4O/c17-15(16(27)28)21-7-5-18(9-10-22)1-2-19(11-13(23)24)3-4-20(6-8-21)12-14(25)26;2*1-2/h10,15H,1-9,11-12,17H2,(H,23,24)(H,25,26)(H,27,28);1-2H3;2H,1H3.